The van der Waals surface area contributed by atoms with Crippen molar-refractivity contribution in [3.63, 3.8) is 0 Å². The van der Waals surface area contributed by atoms with Gasteiger partial charge in [-0.3, -0.25) is 0 Å². The minimum atomic E-state index is 0.280. The Morgan fingerprint density at radius 2 is 1.94 bits per heavy atom. The van der Waals surface area contributed by atoms with E-state index in [1.807, 2.05) is 23.9 Å². The molecule has 1 heterocycles. The Balaban J connectivity index is 2.17. The maximum absolute atomic E-state index is 6.13. The Morgan fingerprint density at radius 3 is 2.50 bits per heavy atom. The van der Waals surface area contributed by atoms with Gasteiger partial charge in [0.1, 0.15) is 0 Å². The van der Waals surface area contributed by atoms with Gasteiger partial charge in [-0.1, -0.05) is 37.6 Å². The van der Waals surface area contributed by atoms with E-state index in [9.17, 15) is 0 Å². The molecule has 88 valence electrons. The molecular formula is C13H18ClNS. The lowest BCUT2D eigenvalue weighted by molar-refractivity contribution is 0.472. The fourth-order valence-corrected chi connectivity index (χ4v) is 4.20. The van der Waals surface area contributed by atoms with Gasteiger partial charge in [-0.05, 0) is 30.5 Å². The summed E-state index contributed by atoms with van der Waals surface area (Å²) in [5.41, 5.74) is 7.47. The molecule has 2 atom stereocenters. The lowest BCUT2D eigenvalue weighted by Gasteiger charge is -2.38. The van der Waals surface area contributed by atoms with E-state index in [1.54, 1.807) is 0 Å². The topological polar surface area (TPSA) is 26.0 Å². The van der Waals surface area contributed by atoms with Crippen LogP contribution in [0.25, 0.3) is 0 Å². The Kier molecular flexibility index (Phi) is 3.53. The van der Waals surface area contributed by atoms with Crippen LogP contribution in [0.3, 0.4) is 0 Å². The summed E-state index contributed by atoms with van der Waals surface area (Å²) in [6.45, 7) is 4.55. The number of hydrogen-bond acceptors (Lipinski definition) is 2. The number of rotatable bonds is 1. The van der Waals surface area contributed by atoms with E-state index >= 15 is 0 Å². The van der Waals surface area contributed by atoms with Crippen molar-refractivity contribution in [2.75, 3.05) is 0 Å². The lowest BCUT2D eigenvalue weighted by Crippen LogP contribution is -2.36. The first-order chi connectivity index (χ1) is 7.46. The quantitative estimate of drug-likeness (QED) is 0.821. The molecule has 1 aromatic rings. The Labute approximate surface area is 107 Å². The summed E-state index contributed by atoms with van der Waals surface area (Å²) in [6.07, 6.45) is 2.16. The Morgan fingerprint density at radius 1 is 1.31 bits per heavy atom. The monoisotopic (exact) mass is 255 g/mol. The third kappa shape index (κ3) is 2.93. The van der Waals surface area contributed by atoms with Crippen molar-refractivity contribution in [3.05, 3.63) is 34.9 Å². The van der Waals surface area contributed by atoms with Crippen LogP contribution < -0.4 is 5.73 Å². The summed E-state index contributed by atoms with van der Waals surface area (Å²) < 4.78 is 0.280. The predicted octanol–water partition coefficient (Wildman–Crippen LogP) is 4.01. The Bertz CT molecular complexity index is 361. The van der Waals surface area contributed by atoms with E-state index in [0.717, 1.165) is 17.9 Å². The van der Waals surface area contributed by atoms with E-state index in [2.05, 4.69) is 26.0 Å². The average molecular weight is 256 g/mol. The molecule has 1 nitrogen and oxygen atoms in total. The third-order valence-electron chi connectivity index (χ3n) is 2.97. The highest BCUT2D eigenvalue weighted by Gasteiger charge is 2.33. The molecule has 16 heavy (non-hydrogen) atoms. The van der Waals surface area contributed by atoms with Gasteiger partial charge in [0, 0.05) is 21.1 Å². The number of nitrogens with two attached hydrogens (primary N) is 1. The smallest absolute Gasteiger partial charge is 0.0406 e. The first-order valence-corrected chi connectivity index (χ1v) is 6.91. The molecule has 1 aliphatic heterocycles. The summed E-state index contributed by atoms with van der Waals surface area (Å²) in [4.78, 5) is 0. The highest BCUT2D eigenvalue weighted by Crippen LogP contribution is 2.48. The van der Waals surface area contributed by atoms with Crippen LogP contribution in [0.2, 0.25) is 5.02 Å². The molecule has 0 amide bonds. The molecule has 0 spiro atoms. The highest BCUT2D eigenvalue weighted by molar-refractivity contribution is 8.00. The standard InChI is InChI=1S/C13H18ClNS/c1-13(2)8-11(15)7-12(16-13)9-3-5-10(14)6-4-9/h3-6,11-12H,7-8,15H2,1-2H3/t11-,12-/m1/s1. The first kappa shape index (κ1) is 12.3. The summed E-state index contributed by atoms with van der Waals surface area (Å²) >= 11 is 7.93. The SMILES string of the molecule is CC1(C)C[C@H](N)C[C@H](c2ccc(Cl)cc2)S1. The molecule has 2 rings (SSSR count). The van der Waals surface area contributed by atoms with Crippen LogP contribution in [0.15, 0.2) is 24.3 Å². The van der Waals surface area contributed by atoms with Gasteiger partial charge in [0.2, 0.25) is 0 Å². The lowest BCUT2D eigenvalue weighted by atomic mass is 9.96. The van der Waals surface area contributed by atoms with Crippen LogP contribution in [0.1, 0.15) is 37.5 Å². The molecule has 3 heteroatoms. The molecule has 1 saturated heterocycles. The molecule has 1 aliphatic rings. The maximum atomic E-state index is 6.13. The van der Waals surface area contributed by atoms with Crippen LogP contribution in [0.4, 0.5) is 0 Å². The van der Waals surface area contributed by atoms with Crippen molar-refractivity contribution in [2.24, 2.45) is 5.73 Å². The van der Waals surface area contributed by atoms with E-state index in [0.29, 0.717) is 11.3 Å². The molecular weight excluding hydrogens is 238 g/mol. The number of hydrogen-bond donors (Lipinski definition) is 1. The minimum absolute atomic E-state index is 0.280. The molecule has 1 aromatic carbocycles. The second-order valence-corrected chi connectivity index (χ2v) is 7.46. The number of thioether (sulfide) groups is 1. The number of benzene rings is 1. The second kappa shape index (κ2) is 4.59. The van der Waals surface area contributed by atoms with E-state index in [-0.39, 0.29) is 4.75 Å². The zero-order chi connectivity index (χ0) is 11.8. The van der Waals surface area contributed by atoms with Gasteiger partial charge in [0.15, 0.2) is 0 Å². The molecule has 0 unspecified atom stereocenters. The largest absolute Gasteiger partial charge is 0.328 e. The van der Waals surface area contributed by atoms with Crippen LogP contribution in [0, 0.1) is 0 Å². The van der Waals surface area contributed by atoms with Gasteiger partial charge in [0.05, 0.1) is 0 Å². The van der Waals surface area contributed by atoms with Crippen LogP contribution >= 0.6 is 23.4 Å². The summed E-state index contributed by atoms with van der Waals surface area (Å²) in [7, 11) is 0. The molecule has 0 bridgehead atoms. The van der Waals surface area contributed by atoms with Crippen molar-refractivity contribution >= 4 is 23.4 Å². The van der Waals surface area contributed by atoms with Crippen molar-refractivity contribution in [2.45, 2.75) is 42.7 Å². The zero-order valence-electron chi connectivity index (χ0n) is 9.74. The van der Waals surface area contributed by atoms with Crippen LogP contribution in [-0.4, -0.2) is 10.8 Å². The zero-order valence-corrected chi connectivity index (χ0v) is 11.3. The fourth-order valence-electron chi connectivity index (χ4n) is 2.35. The van der Waals surface area contributed by atoms with E-state index in [4.69, 9.17) is 17.3 Å². The van der Waals surface area contributed by atoms with Gasteiger partial charge in [0.25, 0.3) is 0 Å². The summed E-state index contributed by atoms with van der Waals surface area (Å²) in [5.74, 6) is 0. The average Bonchev–Trinajstić information content (AvgIpc) is 2.15. The van der Waals surface area contributed by atoms with Crippen molar-refractivity contribution in [1.29, 1.82) is 0 Å². The predicted molar refractivity (Wildman–Crippen MR) is 73.1 cm³/mol. The fraction of sp³-hybridized carbons (Fsp3) is 0.538. The van der Waals surface area contributed by atoms with Gasteiger partial charge in [-0.15, -0.1) is 11.8 Å². The van der Waals surface area contributed by atoms with E-state index < -0.39 is 0 Å². The van der Waals surface area contributed by atoms with Crippen molar-refractivity contribution < 1.29 is 0 Å². The molecule has 2 N–H and O–H groups in total. The third-order valence-corrected chi connectivity index (χ3v) is 4.78. The van der Waals surface area contributed by atoms with Crippen molar-refractivity contribution in [1.82, 2.24) is 0 Å². The molecule has 0 aromatic heterocycles. The van der Waals surface area contributed by atoms with Gasteiger partial charge >= 0.3 is 0 Å². The second-order valence-electron chi connectivity index (χ2n) is 5.12. The maximum Gasteiger partial charge on any atom is 0.0406 e. The minimum Gasteiger partial charge on any atom is -0.328 e. The summed E-state index contributed by atoms with van der Waals surface area (Å²) in [5, 5.41) is 1.31. The van der Waals surface area contributed by atoms with Crippen LogP contribution in [0.5, 0.6) is 0 Å². The van der Waals surface area contributed by atoms with Gasteiger partial charge in [-0.2, -0.15) is 0 Å². The molecule has 0 radical (unpaired) electrons. The van der Waals surface area contributed by atoms with Crippen LogP contribution in [-0.2, 0) is 0 Å². The van der Waals surface area contributed by atoms with Crippen molar-refractivity contribution in [3.8, 4) is 0 Å². The molecule has 0 aliphatic carbocycles. The highest BCUT2D eigenvalue weighted by atomic mass is 35.5. The number of halogens is 1. The van der Waals surface area contributed by atoms with E-state index in [1.165, 1.54) is 5.56 Å². The Hall–Kier alpha value is -0.180. The molecule has 0 saturated carbocycles. The van der Waals surface area contributed by atoms with Gasteiger partial charge in [-0.25, -0.2) is 0 Å². The normalized spacial score (nSPS) is 29.0. The van der Waals surface area contributed by atoms with Gasteiger partial charge < -0.3 is 5.73 Å². The first-order valence-electron chi connectivity index (χ1n) is 5.65. The summed E-state index contributed by atoms with van der Waals surface area (Å²) in [6, 6.07) is 8.48. The molecule has 1 fully saturated rings.